The van der Waals surface area contributed by atoms with Crippen molar-refractivity contribution in [3.63, 3.8) is 0 Å². The lowest BCUT2D eigenvalue weighted by atomic mass is 9.70. The second-order valence-corrected chi connectivity index (χ2v) is 26.9. The first-order valence-electron chi connectivity index (χ1n) is 26.4. The van der Waals surface area contributed by atoms with Crippen molar-refractivity contribution < 1.29 is 8.42 Å². The number of hydrogen-bond acceptors (Lipinski definition) is 2. The van der Waals surface area contributed by atoms with Crippen LogP contribution >= 0.6 is 87.7 Å². The Morgan fingerprint density at radius 1 is 0.507 bits per heavy atom. The number of hydrogen-bond donors (Lipinski definition) is 0. The highest BCUT2D eigenvalue weighted by Crippen LogP contribution is 2.59. The Hall–Kier alpha value is -2.16. The maximum atomic E-state index is 10.7. The molecule has 2 aliphatic carbocycles. The quantitative estimate of drug-likeness (QED) is 0.0598. The van der Waals surface area contributed by atoms with Gasteiger partial charge in [0, 0.05) is 83.6 Å². The molecule has 2 heterocycles. The minimum atomic E-state index is -3.55. The third kappa shape index (κ3) is 11.8. The Balaban J connectivity index is 0.000000173. The van der Waals surface area contributed by atoms with Crippen molar-refractivity contribution in [2.45, 2.75) is 180 Å². The van der Waals surface area contributed by atoms with Gasteiger partial charge < -0.3 is 9.13 Å². The molecule has 4 nitrogen and oxygen atoms in total. The van der Waals surface area contributed by atoms with Crippen LogP contribution in [0, 0.1) is 14.1 Å². The van der Waals surface area contributed by atoms with E-state index in [9.17, 15) is 8.42 Å². The molecule has 7 aromatic rings. The Bertz CT molecular complexity index is 2880. The third-order valence-electron chi connectivity index (χ3n) is 15.1. The zero-order chi connectivity index (χ0) is 51.1. The molecule has 0 aliphatic heterocycles. The summed E-state index contributed by atoms with van der Waals surface area (Å²) in [6.45, 7) is 18.0. The summed E-state index contributed by atoms with van der Waals surface area (Å²) in [4.78, 5) is 0.143. The molecule has 2 aliphatic rings. The first kappa shape index (κ1) is 56.6. The summed E-state index contributed by atoms with van der Waals surface area (Å²) < 4.78 is 31.8. The fourth-order valence-corrected chi connectivity index (χ4v) is 14.1. The lowest BCUT2D eigenvalue weighted by molar-refractivity contribution is 0.417. The molecule has 0 amide bonds. The van der Waals surface area contributed by atoms with Crippen molar-refractivity contribution in [1.29, 1.82) is 0 Å². The van der Waals surface area contributed by atoms with Gasteiger partial charge in [-0.3, -0.25) is 0 Å². The molecule has 9 rings (SSSR count). The molecule has 0 atom stereocenters. The molecule has 0 bridgehead atoms. The van der Waals surface area contributed by atoms with Gasteiger partial charge in [-0.05, 0) is 174 Å². The van der Waals surface area contributed by atoms with Crippen LogP contribution in [-0.2, 0) is 33.0 Å². The molecule has 10 heteroatoms. The lowest BCUT2D eigenvalue weighted by Crippen LogP contribution is -2.25. The van der Waals surface area contributed by atoms with Crippen LogP contribution in [-0.4, -0.2) is 17.6 Å². The van der Waals surface area contributed by atoms with Crippen LogP contribution in [0.3, 0.4) is 0 Å². The van der Waals surface area contributed by atoms with Gasteiger partial charge in [-0.2, -0.15) is 0 Å². The lowest BCUT2D eigenvalue weighted by Gasteiger charge is -2.32. The van der Waals surface area contributed by atoms with Crippen LogP contribution in [0.5, 0.6) is 0 Å². The highest BCUT2D eigenvalue weighted by molar-refractivity contribution is 14.1. The molecule has 0 fully saturated rings. The number of halogens is 5. The first-order chi connectivity index (χ1) is 34.1. The second kappa shape index (κ2) is 25.1. The van der Waals surface area contributed by atoms with Gasteiger partial charge in [-0.15, -0.1) is 0 Å². The third-order valence-corrected chi connectivity index (χ3v) is 18.8. The highest BCUT2D eigenvalue weighted by atomic mass is 127. The number of aryl methyl sites for hydroxylation is 3. The molecule has 71 heavy (non-hydrogen) atoms. The maximum Gasteiger partial charge on any atom is 0.261 e. The molecule has 2 aromatic heterocycles. The summed E-state index contributed by atoms with van der Waals surface area (Å²) in [6, 6.07) is 34.7. The Labute approximate surface area is 474 Å². The van der Waals surface area contributed by atoms with Crippen molar-refractivity contribution in [1.82, 2.24) is 9.13 Å². The van der Waals surface area contributed by atoms with E-state index in [2.05, 4.69) is 201 Å². The molecular weight excluding hydrogens is 1270 g/mol. The fraction of sp³-hybridized carbons (Fsp3) is 0.443. The molecule has 0 radical (unpaired) electrons. The van der Waals surface area contributed by atoms with Gasteiger partial charge >= 0.3 is 0 Å². The number of benzene rings is 5. The van der Waals surface area contributed by atoms with E-state index in [4.69, 9.17) is 10.7 Å². The van der Waals surface area contributed by atoms with Gasteiger partial charge in [0.25, 0.3) is 9.05 Å². The monoisotopic (exact) mass is 1340 g/mol. The molecule has 0 spiro atoms. The molecule has 0 unspecified atom stereocenters. The van der Waals surface area contributed by atoms with Crippen molar-refractivity contribution >= 4 is 119 Å². The summed E-state index contributed by atoms with van der Waals surface area (Å²) in [5.41, 5.74) is 16.5. The van der Waals surface area contributed by atoms with Gasteiger partial charge in [-0.1, -0.05) is 180 Å². The average Bonchev–Trinajstić information content (AvgIpc) is 4.02. The number of nitrogens with zero attached hydrogens (tertiary/aromatic N) is 2. The first-order valence-corrected chi connectivity index (χ1v) is 32.5. The van der Waals surface area contributed by atoms with Crippen molar-refractivity contribution in [3.8, 4) is 22.5 Å². The van der Waals surface area contributed by atoms with Gasteiger partial charge in [0.2, 0.25) is 0 Å². The van der Waals surface area contributed by atoms with Crippen molar-refractivity contribution in [2.24, 2.45) is 0 Å². The minimum Gasteiger partial charge on any atom is -0.340 e. The largest absolute Gasteiger partial charge is 0.340 e. The van der Waals surface area contributed by atoms with Crippen LogP contribution in [0.25, 0.3) is 44.3 Å². The van der Waals surface area contributed by atoms with E-state index in [1.54, 1.807) is 34.4 Å². The Morgan fingerprint density at radius 3 is 1.21 bits per heavy atom. The Morgan fingerprint density at radius 2 is 0.873 bits per heavy atom. The molecule has 380 valence electrons. The normalized spacial score (nSPS) is 13.9. The number of unbranched alkanes of at least 4 members (excludes halogenated alkanes) is 6. The smallest absolute Gasteiger partial charge is 0.261 e. The van der Waals surface area contributed by atoms with E-state index in [0.717, 1.165) is 18.7 Å². The zero-order valence-electron chi connectivity index (χ0n) is 43.0. The van der Waals surface area contributed by atoms with Crippen LogP contribution < -0.4 is 0 Å². The van der Waals surface area contributed by atoms with E-state index in [1.807, 2.05) is 6.92 Å². The van der Waals surface area contributed by atoms with E-state index in [0.29, 0.717) is 0 Å². The van der Waals surface area contributed by atoms with E-state index < -0.39 is 9.05 Å². The van der Waals surface area contributed by atoms with Gasteiger partial charge in [0.1, 0.15) is 0 Å². The SMILES string of the molecule is CCCCn1c2c(c3ccc(I)cc31)C(CCCC)(CCCC)c1cc(Br)ccc1-2.CCCCn1c2c(c3ccc(I)cc31)C(CCCC)(CCCC)c1cc(Br)ccc1-2.Cc1ccc(S(=O)(=O)Cl)cc1. The molecule has 0 N–H and O–H groups in total. The van der Waals surface area contributed by atoms with Crippen molar-refractivity contribution in [3.05, 3.63) is 141 Å². The van der Waals surface area contributed by atoms with Crippen molar-refractivity contribution in [2.75, 3.05) is 0 Å². The molecule has 0 saturated heterocycles. The summed E-state index contributed by atoms with van der Waals surface area (Å²) in [7, 11) is 1.54. The van der Waals surface area contributed by atoms with Crippen LogP contribution in [0.2, 0.25) is 0 Å². The zero-order valence-corrected chi connectivity index (χ0v) is 52.0. The maximum absolute atomic E-state index is 10.7. The fourth-order valence-electron chi connectivity index (χ4n) is 11.7. The highest BCUT2D eigenvalue weighted by Gasteiger charge is 2.47. The summed E-state index contributed by atoms with van der Waals surface area (Å²) in [6.07, 6.45) is 20.0. The second-order valence-electron chi connectivity index (χ2n) is 20.0. The number of fused-ring (bicyclic) bond motifs is 10. The predicted molar refractivity (Wildman–Crippen MR) is 329 cm³/mol. The van der Waals surface area contributed by atoms with E-state index in [-0.39, 0.29) is 15.7 Å². The van der Waals surface area contributed by atoms with Crippen LogP contribution in [0.4, 0.5) is 0 Å². The molecular formula is C61H73Br2ClI2N2O2S. The average molecular weight is 1350 g/mol. The van der Waals surface area contributed by atoms with Gasteiger partial charge in [0.15, 0.2) is 0 Å². The summed E-state index contributed by atoms with van der Waals surface area (Å²) in [5, 5.41) is 2.97. The van der Waals surface area contributed by atoms with Crippen LogP contribution in [0.1, 0.15) is 172 Å². The number of rotatable bonds is 19. The summed E-state index contributed by atoms with van der Waals surface area (Å²) >= 11 is 12.5. The van der Waals surface area contributed by atoms with Crippen LogP contribution in [0.15, 0.2) is 111 Å². The molecule has 0 saturated carbocycles. The predicted octanol–water partition coefficient (Wildman–Crippen LogP) is 20.8. The standard InChI is InChI=1S/2C27H33BrIN.C7H7ClO2S/c2*1-4-7-14-27(15-8-5-2)23-17-19(28)10-12-21(23)26-25(27)22-13-11-20(29)18-24(22)30(26)16-9-6-3;1-6-2-4-7(5-3-6)11(8,9)10/h2*10-13,17-18H,4-9,14-16H2,1-3H3;2-5H,1H3. The Kier molecular flexibility index (Phi) is 20.0. The molecule has 5 aromatic carbocycles. The van der Waals surface area contributed by atoms with E-state index in [1.165, 1.54) is 175 Å². The van der Waals surface area contributed by atoms with Gasteiger partial charge in [-0.25, -0.2) is 8.42 Å². The summed E-state index contributed by atoms with van der Waals surface area (Å²) in [5.74, 6) is 0. The topological polar surface area (TPSA) is 44.0 Å². The number of aromatic nitrogens is 2. The van der Waals surface area contributed by atoms with E-state index >= 15 is 0 Å². The minimum absolute atomic E-state index is 0.142. The van der Waals surface area contributed by atoms with Gasteiger partial charge in [0.05, 0.1) is 16.3 Å².